The minimum atomic E-state index is -0.697. The average Bonchev–Trinajstić information content (AvgIpc) is 3.51. The zero-order valence-corrected chi connectivity index (χ0v) is 25.8. The molecule has 0 spiro atoms. The minimum Gasteiger partial charge on any atom is -0.490 e. The van der Waals surface area contributed by atoms with E-state index in [1.165, 1.54) is 9.36 Å². The standard InChI is InChI=1S/C37H36N4O4/c1-5-44-32-22-28(19-20-31(32)45-23-27-14-12-13-24(2)21-27)35(33-25(3)38-40(36(33)42)29-15-8-6-9-16-29)34-26(4)39-41(37(34)43)30-17-10-7-11-18-30/h6-22,35,38-39H,5,23H2,1-4H3. The van der Waals surface area contributed by atoms with Crippen LogP contribution in [0.4, 0.5) is 0 Å². The van der Waals surface area contributed by atoms with Crippen LogP contribution >= 0.6 is 0 Å². The first-order valence-electron chi connectivity index (χ1n) is 15.0. The maximum absolute atomic E-state index is 14.2. The van der Waals surface area contributed by atoms with Crippen molar-refractivity contribution in [2.24, 2.45) is 0 Å². The fourth-order valence-corrected chi connectivity index (χ4v) is 5.85. The van der Waals surface area contributed by atoms with E-state index in [1.54, 1.807) is 0 Å². The van der Waals surface area contributed by atoms with Crippen molar-refractivity contribution in [3.05, 3.63) is 163 Å². The molecule has 0 unspecified atom stereocenters. The van der Waals surface area contributed by atoms with E-state index in [0.717, 1.165) is 16.7 Å². The van der Waals surface area contributed by atoms with E-state index in [4.69, 9.17) is 9.47 Å². The summed E-state index contributed by atoms with van der Waals surface area (Å²) in [6.45, 7) is 8.49. The molecule has 8 nitrogen and oxygen atoms in total. The Morgan fingerprint density at radius 1 is 0.644 bits per heavy atom. The lowest BCUT2D eigenvalue weighted by Crippen LogP contribution is -2.25. The molecule has 0 saturated heterocycles. The predicted molar refractivity (Wildman–Crippen MR) is 176 cm³/mol. The lowest BCUT2D eigenvalue weighted by Gasteiger charge is -2.19. The number of nitrogens with one attached hydrogen (secondary N) is 2. The molecule has 0 radical (unpaired) electrons. The largest absolute Gasteiger partial charge is 0.490 e. The van der Waals surface area contributed by atoms with Crippen LogP contribution in [0.3, 0.4) is 0 Å². The molecule has 0 aliphatic heterocycles. The topological polar surface area (TPSA) is 94.0 Å². The predicted octanol–water partition coefficient (Wildman–Crippen LogP) is 6.73. The number of rotatable bonds is 10. The van der Waals surface area contributed by atoms with Gasteiger partial charge < -0.3 is 9.47 Å². The first-order chi connectivity index (χ1) is 21.9. The number of H-pyrrole nitrogens is 2. The second-order valence-corrected chi connectivity index (χ2v) is 11.1. The van der Waals surface area contributed by atoms with Crippen LogP contribution in [0, 0.1) is 20.8 Å². The lowest BCUT2D eigenvalue weighted by molar-refractivity contribution is 0.269. The molecule has 45 heavy (non-hydrogen) atoms. The second-order valence-electron chi connectivity index (χ2n) is 11.1. The van der Waals surface area contributed by atoms with Crippen molar-refractivity contribution in [2.75, 3.05) is 6.61 Å². The number of aromatic amines is 2. The summed E-state index contributed by atoms with van der Waals surface area (Å²) < 4.78 is 15.4. The highest BCUT2D eigenvalue weighted by Gasteiger charge is 2.31. The molecule has 4 aromatic carbocycles. The van der Waals surface area contributed by atoms with E-state index in [2.05, 4.69) is 16.3 Å². The van der Waals surface area contributed by atoms with E-state index in [9.17, 15) is 9.59 Å². The smallest absolute Gasteiger partial charge is 0.275 e. The Hall–Kier alpha value is -5.50. The molecule has 6 rings (SSSR count). The maximum Gasteiger partial charge on any atom is 0.275 e. The van der Waals surface area contributed by atoms with Gasteiger partial charge in [0.2, 0.25) is 0 Å². The van der Waals surface area contributed by atoms with Crippen LogP contribution in [-0.4, -0.2) is 26.2 Å². The van der Waals surface area contributed by atoms with E-state index in [0.29, 0.717) is 58.6 Å². The molecule has 0 amide bonds. The molecular formula is C37H36N4O4. The number of nitrogens with zero attached hydrogens (tertiary/aromatic N) is 2. The molecule has 0 atom stereocenters. The lowest BCUT2D eigenvalue weighted by atomic mass is 9.85. The Balaban J connectivity index is 1.51. The van der Waals surface area contributed by atoms with Gasteiger partial charge in [-0.15, -0.1) is 0 Å². The van der Waals surface area contributed by atoms with Crippen LogP contribution in [0.2, 0.25) is 0 Å². The van der Waals surface area contributed by atoms with E-state index < -0.39 is 5.92 Å². The summed E-state index contributed by atoms with van der Waals surface area (Å²) in [5, 5.41) is 6.50. The highest BCUT2D eigenvalue weighted by atomic mass is 16.5. The summed E-state index contributed by atoms with van der Waals surface area (Å²) in [4.78, 5) is 28.4. The summed E-state index contributed by atoms with van der Waals surface area (Å²) in [7, 11) is 0. The molecule has 8 heteroatoms. The van der Waals surface area contributed by atoms with Gasteiger partial charge in [0.25, 0.3) is 11.1 Å². The van der Waals surface area contributed by atoms with Gasteiger partial charge in [0, 0.05) is 17.3 Å². The Morgan fingerprint density at radius 2 is 1.22 bits per heavy atom. The normalized spacial score (nSPS) is 11.2. The molecule has 0 aliphatic rings. The maximum atomic E-state index is 14.2. The van der Waals surface area contributed by atoms with Crippen molar-refractivity contribution in [1.29, 1.82) is 0 Å². The monoisotopic (exact) mass is 600 g/mol. The molecule has 2 heterocycles. The van der Waals surface area contributed by atoms with E-state index >= 15 is 0 Å². The minimum absolute atomic E-state index is 0.229. The summed E-state index contributed by atoms with van der Waals surface area (Å²) in [6, 6.07) is 32.6. The van der Waals surface area contributed by atoms with Crippen LogP contribution in [-0.2, 0) is 6.61 Å². The average molecular weight is 601 g/mol. The Morgan fingerprint density at radius 3 is 1.76 bits per heavy atom. The van der Waals surface area contributed by atoms with Crippen LogP contribution in [0.15, 0.2) is 113 Å². The SMILES string of the molecule is CCOc1cc(C(c2c(C)[nH]n(-c3ccccc3)c2=O)c2c(C)[nH]n(-c3ccccc3)c2=O)ccc1OCc1cccc(C)c1. The Bertz CT molecular complexity index is 1950. The van der Waals surface area contributed by atoms with Crippen molar-refractivity contribution >= 4 is 0 Å². The molecule has 228 valence electrons. The van der Waals surface area contributed by atoms with Crippen LogP contribution < -0.4 is 20.6 Å². The fraction of sp³-hybridized carbons (Fsp3) is 0.189. The van der Waals surface area contributed by atoms with Gasteiger partial charge in [-0.2, -0.15) is 0 Å². The third kappa shape index (κ3) is 5.87. The first-order valence-corrected chi connectivity index (χ1v) is 15.0. The van der Waals surface area contributed by atoms with Crippen LogP contribution in [0.5, 0.6) is 11.5 Å². The van der Waals surface area contributed by atoms with Crippen molar-refractivity contribution in [3.63, 3.8) is 0 Å². The molecule has 2 N–H and O–H groups in total. The second kappa shape index (κ2) is 12.6. The number of ether oxygens (including phenoxy) is 2. The van der Waals surface area contributed by atoms with Crippen molar-refractivity contribution < 1.29 is 9.47 Å². The number of hydrogen-bond acceptors (Lipinski definition) is 4. The number of aromatic nitrogens is 4. The molecule has 0 fully saturated rings. The zero-order chi connectivity index (χ0) is 31.5. The third-order valence-corrected chi connectivity index (χ3v) is 7.92. The quantitative estimate of drug-likeness (QED) is 0.182. The van der Waals surface area contributed by atoms with Crippen molar-refractivity contribution in [3.8, 4) is 22.9 Å². The molecular weight excluding hydrogens is 564 g/mol. The van der Waals surface area contributed by atoms with Crippen LogP contribution in [0.25, 0.3) is 11.4 Å². The van der Waals surface area contributed by atoms with E-state index in [-0.39, 0.29) is 11.1 Å². The van der Waals surface area contributed by atoms with Gasteiger partial charge in [0.15, 0.2) is 11.5 Å². The Kier molecular flexibility index (Phi) is 8.29. The third-order valence-electron chi connectivity index (χ3n) is 7.92. The first kappa shape index (κ1) is 29.6. The van der Waals surface area contributed by atoms with Gasteiger partial charge in [-0.1, -0.05) is 72.3 Å². The molecule has 0 saturated carbocycles. The van der Waals surface area contributed by atoms with Crippen LogP contribution in [0.1, 0.15) is 52.0 Å². The Labute approximate surface area is 261 Å². The number of hydrogen-bond donors (Lipinski definition) is 2. The van der Waals surface area contributed by atoms with Gasteiger partial charge in [-0.3, -0.25) is 19.8 Å². The number of para-hydroxylation sites is 2. The van der Waals surface area contributed by atoms with Gasteiger partial charge in [0.05, 0.1) is 29.1 Å². The molecule has 6 aromatic rings. The summed E-state index contributed by atoms with van der Waals surface area (Å²) in [5.74, 6) is 0.430. The van der Waals surface area contributed by atoms with Gasteiger partial charge in [-0.25, -0.2) is 9.36 Å². The van der Waals surface area contributed by atoms with Crippen molar-refractivity contribution in [1.82, 2.24) is 19.6 Å². The summed E-state index contributed by atoms with van der Waals surface area (Å²) in [5.41, 5.74) is 6.19. The molecule has 0 aliphatic carbocycles. The highest BCUT2D eigenvalue weighted by Crippen LogP contribution is 2.38. The van der Waals surface area contributed by atoms with Gasteiger partial charge in [0.1, 0.15) is 6.61 Å². The van der Waals surface area contributed by atoms with Gasteiger partial charge in [-0.05, 0) is 75.2 Å². The number of aryl methyl sites for hydroxylation is 3. The fourth-order valence-electron chi connectivity index (χ4n) is 5.85. The highest BCUT2D eigenvalue weighted by molar-refractivity contribution is 5.52. The zero-order valence-electron chi connectivity index (χ0n) is 25.8. The molecule has 2 aromatic heterocycles. The summed E-state index contributed by atoms with van der Waals surface area (Å²) >= 11 is 0. The number of benzene rings is 4. The summed E-state index contributed by atoms with van der Waals surface area (Å²) in [6.07, 6.45) is 0. The molecule has 0 bridgehead atoms. The van der Waals surface area contributed by atoms with Gasteiger partial charge >= 0.3 is 0 Å². The van der Waals surface area contributed by atoms with E-state index in [1.807, 2.05) is 125 Å². The van der Waals surface area contributed by atoms with Crippen molar-refractivity contribution in [2.45, 2.75) is 40.2 Å².